The van der Waals surface area contributed by atoms with Crippen molar-refractivity contribution >= 4 is 6.08 Å². The number of hydrogen-bond donors (Lipinski definition) is 0. The Bertz CT molecular complexity index is 551. The number of hydrogen-bond acceptors (Lipinski definition) is 3. The summed E-state index contributed by atoms with van der Waals surface area (Å²) in [6.07, 6.45) is 1.74. The molecule has 0 amide bonds. The molecule has 0 atom stereocenters. The molecule has 0 aliphatic heterocycles. The molecule has 0 aromatic heterocycles. The molecule has 104 valence electrons. The van der Waals surface area contributed by atoms with E-state index in [0.29, 0.717) is 23.9 Å². The molecule has 2 aromatic rings. The molecule has 0 bridgehead atoms. The third kappa shape index (κ3) is 3.12. The van der Waals surface area contributed by atoms with E-state index >= 15 is 0 Å². The second kappa shape index (κ2) is 6.66. The summed E-state index contributed by atoms with van der Waals surface area (Å²) in [5, 5.41) is 0. The lowest BCUT2D eigenvalue weighted by Crippen LogP contribution is -2.00. The van der Waals surface area contributed by atoms with E-state index in [2.05, 4.69) is 6.58 Å². The van der Waals surface area contributed by atoms with Crippen LogP contribution in [0.15, 0.2) is 49.0 Å². The Labute approximate surface area is 119 Å². The number of methoxy groups -OCH3 is 2. The molecule has 0 saturated carbocycles. The summed E-state index contributed by atoms with van der Waals surface area (Å²) in [4.78, 5) is 0. The zero-order valence-corrected chi connectivity index (χ0v) is 11.8. The average molecular weight is 270 g/mol. The van der Waals surface area contributed by atoms with Gasteiger partial charge in [-0.2, -0.15) is 0 Å². The maximum atomic E-state index is 5.85. The molecule has 0 aliphatic carbocycles. The Balaban J connectivity index is 2.27. The van der Waals surface area contributed by atoms with Gasteiger partial charge in [-0.25, -0.2) is 0 Å². The van der Waals surface area contributed by atoms with Crippen LogP contribution in [0.2, 0.25) is 0 Å². The Hall–Kier alpha value is -2.42. The normalized spacial score (nSPS) is 9.90. The fourth-order valence-electron chi connectivity index (χ4n) is 1.89. The number of rotatable bonds is 6. The van der Waals surface area contributed by atoms with Gasteiger partial charge in [-0.15, -0.1) is 0 Å². The summed E-state index contributed by atoms with van der Waals surface area (Å²) >= 11 is 0. The minimum atomic E-state index is 0.459. The quantitative estimate of drug-likeness (QED) is 0.796. The molecule has 3 heteroatoms. The maximum absolute atomic E-state index is 5.85. The first kappa shape index (κ1) is 14.0. The summed E-state index contributed by atoms with van der Waals surface area (Å²) < 4.78 is 16.6. The molecule has 0 radical (unpaired) electrons. The summed E-state index contributed by atoms with van der Waals surface area (Å²) in [5.74, 6) is 1.87. The van der Waals surface area contributed by atoms with Gasteiger partial charge in [0.1, 0.15) is 6.61 Å². The van der Waals surface area contributed by atoms with Crippen molar-refractivity contribution in [1.29, 1.82) is 0 Å². The highest BCUT2D eigenvalue weighted by molar-refractivity contribution is 5.61. The van der Waals surface area contributed by atoms with Crippen LogP contribution in [-0.4, -0.2) is 14.2 Å². The average Bonchev–Trinajstić information content (AvgIpc) is 2.52. The summed E-state index contributed by atoms with van der Waals surface area (Å²) in [6, 6.07) is 13.7. The summed E-state index contributed by atoms with van der Waals surface area (Å²) in [5.41, 5.74) is 2.01. The highest BCUT2D eigenvalue weighted by Crippen LogP contribution is 2.39. The van der Waals surface area contributed by atoms with Gasteiger partial charge in [0.15, 0.2) is 11.5 Å². The Morgan fingerprint density at radius 3 is 2.10 bits per heavy atom. The Kier molecular flexibility index (Phi) is 4.66. The van der Waals surface area contributed by atoms with E-state index < -0.39 is 0 Å². The van der Waals surface area contributed by atoms with Gasteiger partial charge >= 0.3 is 0 Å². The van der Waals surface area contributed by atoms with E-state index in [-0.39, 0.29) is 0 Å². The summed E-state index contributed by atoms with van der Waals surface area (Å²) in [6.45, 7) is 4.21. The molecule has 0 unspecified atom stereocenters. The highest BCUT2D eigenvalue weighted by atomic mass is 16.5. The molecule has 2 aromatic carbocycles. The van der Waals surface area contributed by atoms with Crippen LogP contribution >= 0.6 is 0 Å². The molecule has 2 rings (SSSR count). The molecule has 0 aliphatic rings. The molecule has 0 fully saturated rings. The molecular weight excluding hydrogens is 252 g/mol. The largest absolute Gasteiger partial charge is 0.493 e. The van der Waals surface area contributed by atoms with Crippen LogP contribution in [0, 0.1) is 0 Å². The summed E-state index contributed by atoms with van der Waals surface area (Å²) in [7, 11) is 3.22. The lowest BCUT2D eigenvalue weighted by Gasteiger charge is -2.15. The topological polar surface area (TPSA) is 27.7 Å². The molecule has 20 heavy (non-hydrogen) atoms. The smallest absolute Gasteiger partial charge is 0.203 e. The first-order valence-electron chi connectivity index (χ1n) is 6.33. The SMILES string of the molecule is C=Cc1cc(OC)c(OCc2ccccc2)c(OC)c1. The fourth-order valence-corrected chi connectivity index (χ4v) is 1.89. The fraction of sp³-hybridized carbons (Fsp3) is 0.176. The van der Waals surface area contributed by atoms with Gasteiger partial charge < -0.3 is 14.2 Å². The van der Waals surface area contributed by atoms with Crippen molar-refractivity contribution in [2.75, 3.05) is 14.2 Å². The first-order valence-corrected chi connectivity index (χ1v) is 6.33. The third-order valence-corrected chi connectivity index (χ3v) is 2.94. The van der Waals surface area contributed by atoms with Crippen LogP contribution in [0.4, 0.5) is 0 Å². The molecule has 0 N–H and O–H groups in total. The van der Waals surface area contributed by atoms with E-state index in [4.69, 9.17) is 14.2 Å². The number of ether oxygens (including phenoxy) is 3. The van der Waals surface area contributed by atoms with Gasteiger partial charge in [0.2, 0.25) is 5.75 Å². The van der Waals surface area contributed by atoms with Crippen LogP contribution in [-0.2, 0) is 6.61 Å². The van der Waals surface area contributed by atoms with Crippen molar-refractivity contribution < 1.29 is 14.2 Å². The molecule has 0 spiro atoms. The second-order valence-corrected chi connectivity index (χ2v) is 4.23. The predicted molar refractivity (Wildman–Crippen MR) is 80.4 cm³/mol. The van der Waals surface area contributed by atoms with Crippen molar-refractivity contribution in [3.63, 3.8) is 0 Å². The minimum Gasteiger partial charge on any atom is -0.493 e. The van der Waals surface area contributed by atoms with E-state index in [1.54, 1.807) is 20.3 Å². The van der Waals surface area contributed by atoms with Gasteiger partial charge in [0.05, 0.1) is 14.2 Å². The van der Waals surface area contributed by atoms with Crippen molar-refractivity contribution in [3.8, 4) is 17.2 Å². The van der Waals surface area contributed by atoms with Crippen LogP contribution in [0.3, 0.4) is 0 Å². The lowest BCUT2D eigenvalue weighted by atomic mass is 10.2. The molecular formula is C17H18O3. The monoisotopic (exact) mass is 270 g/mol. The van der Waals surface area contributed by atoms with Crippen molar-refractivity contribution in [1.82, 2.24) is 0 Å². The first-order chi connectivity index (χ1) is 9.78. The van der Waals surface area contributed by atoms with Gasteiger partial charge in [-0.1, -0.05) is 43.0 Å². The second-order valence-electron chi connectivity index (χ2n) is 4.23. The zero-order valence-electron chi connectivity index (χ0n) is 11.8. The molecule has 0 heterocycles. The number of benzene rings is 2. The standard InChI is InChI=1S/C17H18O3/c1-4-13-10-15(18-2)17(16(11-13)19-3)20-12-14-8-6-5-7-9-14/h4-11H,1,12H2,2-3H3. The van der Waals surface area contributed by atoms with Gasteiger partial charge in [0.25, 0.3) is 0 Å². The van der Waals surface area contributed by atoms with Crippen molar-refractivity contribution in [2.45, 2.75) is 6.61 Å². The van der Waals surface area contributed by atoms with Crippen LogP contribution < -0.4 is 14.2 Å². The van der Waals surface area contributed by atoms with E-state index in [1.165, 1.54) is 0 Å². The minimum absolute atomic E-state index is 0.459. The third-order valence-electron chi connectivity index (χ3n) is 2.94. The highest BCUT2D eigenvalue weighted by Gasteiger charge is 2.13. The van der Waals surface area contributed by atoms with E-state index in [0.717, 1.165) is 11.1 Å². The van der Waals surface area contributed by atoms with Gasteiger partial charge in [-0.3, -0.25) is 0 Å². The van der Waals surface area contributed by atoms with Crippen LogP contribution in [0.1, 0.15) is 11.1 Å². The van der Waals surface area contributed by atoms with E-state index in [9.17, 15) is 0 Å². The molecule has 0 saturated heterocycles. The van der Waals surface area contributed by atoms with Crippen LogP contribution in [0.5, 0.6) is 17.2 Å². The van der Waals surface area contributed by atoms with E-state index in [1.807, 2.05) is 42.5 Å². The van der Waals surface area contributed by atoms with Crippen LogP contribution in [0.25, 0.3) is 6.08 Å². The Morgan fingerprint density at radius 2 is 1.60 bits per heavy atom. The Morgan fingerprint density at radius 1 is 1.00 bits per heavy atom. The van der Waals surface area contributed by atoms with Crippen molar-refractivity contribution in [3.05, 3.63) is 60.2 Å². The maximum Gasteiger partial charge on any atom is 0.203 e. The zero-order chi connectivity index (χ0) is 14.4. The predicted octanol–water partition coefficient (Wildman–Crippen LogP) is 3.93. The lowest BCUT2D eigenvalue weighted by molar-refractivity contribution is 0.266. The van der Waals surface area contributed by atoms with Gasteiger partial charge in [0, 0.05) is 0 Å². The van der Waals surface area contributed by atoms with Gasteiger partial charge in [-0.05, 0) is 23.3 Å². The van der Waals surface area contributed by atoms with Crippen molar-refractivity contribution in [2.24, 2.45) is 0 Å². The molecule has 3 nitrogen and oxygen atoms in total.